The molecule has 1 aliphatic heterocycles. The minimum atomic E-state index is -0.808. The number of anilines is 1. The number of imide groups is 2. The number of nitrogens with one attached hydrogen (secondary N) is 1. The molecule has 1 saturated heterocycles. The van der Waals surface area contributed by atoms with E-state index in [0.29, 0.717) is 41.7 Å². The van der Waals surface area contributed by atoms with Gasteiger partial charge in [0.2, 0.25) is 0 Å². The smallest absolute Gasteiger partial charge is 0.335 e. The number of hydrogen-bond donors (Lipinski definition) is 1. The SMILES string of the molecule is CCCOc1ccc(/C=C2/C(=O)NC(=O)N(c3ccc(OCC)cc3)C2=O)cc1OC. The molecule has 0 spiro atoms. The zero-order chi connectivity index (χ0) is 22.4. The predicted molar refractivity (Wildman–Crippen MR) is 115 cm³/mol. The van der Waals surface area contributed by atoms with Crippen LogP contribution in [-0.2, 0) is 9.59 Å². The van der Waals surface area contributed by atoms with Crippen LogP contribution >= 0.6 is 0 Å². The van der Waals surface area contributed by atoms with Gasteiger partial charge in [-0.3, -0.25) is 14.9 Å². The van der Waals surface area contributed by atoms with Crippen molar-refractivity contribution >= 4 is 29.6 Å². The molecule has 1 heterocycles. The summed E-state index contributed by atoms with van der Waals surface area (Å²) in [4.78, 5) is 38.7. The number of urea groups is 1. The van der Waals surface area contributed by atoms with Gasteiger partial charge in [-0.2, -0.15) is 0 Å². The fourth-order valence-electron chi connectivity index (χ4n) is 3.02. The number of amides is 4. The standard InChI is InChI=1S/C23H24N2O6/c1-4-12-31-19-11-6-15(14-20(19)29-3)13-18-21(26)24-23(28)25(22(18)27)16-7-9-17(10-8-16)30-5-2/h6-11,13-14H,4-5,12H2,1-3H3,(H,24,26,28)/b18-13-. The van der Waals surface area contributed by atoms with E-state index >= 15 is 0 Å². The molecule has 0 radical (unpaired) electrons. The monoisotopic (exact) mass is 424 g/mol. The molecule has 0 saturated carbocycles. The molecule has 2 aromatic rings. The van der Waals surface area contributed by atoms with Gasteiger partial charge in [0.15, 0.2) is 11.5 Å². The Kier molecular flexibility index (Phi) is 6.92. The van der Waals surface area contributed by atoms with E-state index in [1.165, 1.54) is 13.2 Å². The minimum absolute atomic E-state index is 0.169. The van der Waals surface area contributed by atoms with E-state index in [1.807, 2.05) is 13.8 Å². The van der Waals surface area contributed by atoms with Gasteiger partial charge in [0, 0.05) is 0 Å². The number of carbonyl (C=O) groups is 3. The van der Waals surface area contributed by atoms with Gasteiger partial charge in [-0.05, 0) is 61.4 Å². The first-order valence-corrected chi connectivity index (χ1v) is 9.93. The number of benzene rings is 2. The molecule has 1 N–H and O–H groups in total. The van der Waals surface area contributed by atoms with E-state index in [0.717, 1.165) is 11.3 Å². The van der Waals surface area contributed by atoms with Gasteiger partial charge in [0.05, 0.1) is 26.0 Å². The number of barbiturate groups is 1. The van der Waals surface area contributed by atoms with Crippen molar-refractivity contribution in [1.29, 1.82) is 0 Å². The van der Waals surface area contributed by atoms with E-state index in [4.69, 9.17) is 14.2 Å². The van der Waals surface area contributed by atoms with Gasteiger partial charge in [0.25, 0.3) is 11.8 Å². The van der Waals surface area contributed by atoms with Crippen molar-refractivity contribution in [1.82, 2.24) is 5.32 Å². The molecule has 2 aromatic carbocycles. The lowest BCUT2D eigenvalue weighted by Crippen LogP contribution is -2.54. The Morgan fingerprint density at radius 1 is 0.968 bits per heavy atom. The number of methoxy groups -OCH3 is 1. The molecule has 1 fully saturated rings. The molecular weight excluding hydrogens is 400 g/mol. The molecule has 0 unspecified atom stereocenters. The highest BCUT2D eigenvalue weighted by atomic mass is 16.5. The average Bonchev–Trinajstić information content (AvgIpc) is 2.76. The number of hydrogen-bond acceptors (Lipinski definition) is 6. The molecule has 162 valence electrons. The number of rotatable bonds is 8. The lowest BCUT2D eigenvalue weighted by Gasteiger charge is -2.26. The molecule has 0 atom stereocenters. The van der Waals surface area contributed by atoms with Crippen LogP contribution in [0.15, 0.2) is 48.0 Å². The van der Waals surface area contributed by atoms with Crippen LogP contribution in [0, 0.1) is 0 Å². The molecule has 3 rings (SSSR count). The fraction of sp³-hybridized carbons (Fsp3) is 0.261. The largest absolute Gasteiger partial charge is 0.494 e. The van der Waals surface area contributed by atoms with Crippen molar-refractivity contribution < 1.29 is 28.6 Å². The zero-order valence-corrected chi connectivity index (χ0v) is 17.6. The first-order chi connectivity index (χ1) is 15.0. The first kappa shape index (κ1) is 21.9. The highest BCUT2D eigenvalue weighted by molar-refractivity contribution is 6.39. The molecule has 1 aliphatic rings. The summed E-state index contributed by atoms with van der Waals surface area (Å²) in [6.45, 7) is 4.89. The van der Waals surface area contributed by atoms with Gasteiger partial charge in [-0.25, -0.2) is 9.69 Å². The summed E-state index contributed by atoms with van der Waals surface area (Å²) in [6.07, 6.45) is 2.26. The van der Waals surface area contributed by atoms with Gasteiger partial charge in [-0.15, -0.1) is 0 Å². The van der Waals surface area contributed by atoms with Gasteiger partial charge in [-0.1, -0.05) is 13.0 Å². The highest BCUT2D eigenvalue weighted by Gasteiger charge is 2.36. The normalized spacial score (nSPS) is 15.1. The molecule has 4 amide bonds. The van der Waals surface area contributed by atoms with Crippen molar-refractivity contribution in [3.8, 4) is 17.2 Å². The van der Waals surface area contributed by atoms with Gasteiger partial charge < -0.3 is 14.2 Å². The minimum Gasteiger partial charge on any atom is -0.494 e. The van der Waals surface area contributed by atoms with Crippen molar-refractivity contribution in [2.24, 2.45) is 0 Å². The molecule has 0 aromatic heterocycles. The quantitative estimate of drug-likeness (QED) is 0.515. The average molecular weight is 424 g/mol. The Bertz CT molecular complexity index is 1010. The summed E-state index contributed by atoms with van der Waals surface area (Å²) < 4.78 is 16.4. The summed E-state index contributed by atoms with van der Waals surface area (Å²) in [5.41, 5.74) is 0.711. The molecule has 8 nitrogen and oxygen atoms in total. The first-order valence-electron chi connectivity index (χ1n) is 9.93. The summed E-state index contributed by atoms with van der Waals surface area (Å²) in [7, 11) is 1.51. The van der Waals surface area contributed by atoms with Crippen LogP contribution in [0.4, 0.5) is 10.5 Å². The van der Waals surface area contributed by atoms with Crippen LogP contribution in [0.3, 0.4) is 0 Å². The van der Waals surface area contributed by atoms with E-state index in [9.17, 15) is 14.4 Å². The highest BCUT2D eigenvalue weighted by Crippen LogP contribution is 2.30. The summed E-state index contributed by atoms with van der Waals surface area (Å²) >= 11 is 0. The second kappa shape index (κ2) is 9.80. The molecule has 31 heavy (non-hydrogen) atoms. The second-order valence-corrected chi connectivity index (χ2v) is 6.64. The van der Waals surface area contributed by atoms with E-state index in [-0.39, 0.29) is 5.57 Å². The summed E-state index contributed by atoms with van der Waals surface area (Å²) in [6, 6.07) is 10.7. The Morgan fingerprint density at radius 3 is 2.35 bits per heavy atom. The van der Waals surface area contributed by atoms with E-state index < -0.39 is 17.8 Å². The fourth-order valence-corrected chi connectivity index (χ4v) is 3.02. The van der Waals surface area contributed by atoms with Crippen molar-refractivity contribution in [2.45, 2.75) is 20.3 Å². The third-order valence-electron chi connectivity index (χ3n) is 4.47. The summed E-state index contributed by atoms with van der Waals surface area (Å²) in [5, 5.41) is 2.21. The topological polar surface area (TPSA) is 94.2 Å². The molecule has 0 bridgehead atoms. The Labute approximate surface area is 180 Å². The van der Waals surface area contributed by atoms with Crippen LogP contribution in [0.1, 0.15) is 25.8 Å². The van der Waals surface area contributed by atoms with Crippen molar-refractivity contribution in [3.05, 3.63) is 53.6 Å². The second-order valence-electron chi connectivity index (χ2n) is 6.64. The molecular formula is C23H24N2O6. The number of nitrogens with zero attached hydrogens (tertiary/aromatic N) is 1. The third kappa shape index (κ3) is 4.85. The maximum Gasteiger partial charge on any atom is 0.335 e. The van der Waals surface area contributed by atoms with Crippen LogP contribution < -0.4 is 24.4 Å². The van der Waals surface area contributed by atoms with E-state index in [2.05, 4.69) is 5.32 Å². The lowest BCUT2D eigenvalue weighted by atomic mass is 10.1. The Balaban J connectivity index is 1.91. The molecule has 8 heteroatoms. The van der Waals surface area contributed by atoms with Crippen molar-refractivity contribution in [2.75, 3.05) is 25.2 Å². The summed E-state index contributed by atoms with van der Waals surface area (Å²) in [5.74, 6) is 0.175. The predicted octanol–water partition coefficient (Wildman–Crippen LogP) is 3.55. The van der Waals surface area contributed by atoms with Crippen molar-refractivity contribution in [3.63, 3.8) is 0 Å². The lowest BCUT2D eigenvalue weighted by molar-refractivity contribution is -0.122. The van der Waals surface area contributed by atoms with Crippen LogP contribution in [-0.4, -0.2) is 38.2 Å². The Morgan fingerprint density at radius 2 is 1.71 bits per heavy atom. The van der Waals surface area contributed by atoms with Crippen LogP contribution in [0.5, 0.6) is 17.2 Å². The molecule has 0 aliphatic carbocycles. The number of ether oxygens (including phenoxy) is 3. The van der Waals surface area contributed by atoms with Gasteiger partial charge in [0.1, 0.15) is 11.3 Å². The number of carbonyl (C=O) groups excluding carboxylic acids is 3. The third-order valence-corrected chi connectivity index (χ3v) is 4.47. The van der Waals surface area contributed by atoms with Crippen LogP contribution in [0.2, 0.25) is 0 Å². The maximum absolute atomic E-state index is 13.0. The maximum atomic E-state index is 13.0. The van der Waals surface area contributed by atoms with Crippen LogP contribution in [0.25, 0.3) is 6.08 Å². The van der Waals surface area contributed by atoms with Gasteiger partial charge >= 0.3 is 6.03 Å². The van der Waals surface area contributed by atoms with E-state index in [1.54, 1.807) is 42.5 Å². The Hall–Kier alpha value is -3.81. The zero-order valence-electron chi connectivity index (χ0n) is 17.6.